The average molecular weight is 1070 g/mol. The summed E-state index contributed by atoms with van der Waals surface area (Å²) in [6, 6.07) is 0. The van der Waals surface area contributed by atoms with Gasteiger partial charge in [-0.25, -0.2) is 0 Å². The second kappa shape index (κ2) is 55.4. The molecule has 0 rings (SSSR count). The molecule has 0 heterocycles. The fourth-order valence-electron chi connectivity index (χ4n) is 7.11. The molecule has 76 heavy (non-hydrogen) atoms. The molecule has 0 radical (unpaired) electrons. The highest BCUT2D eigenvalue weighted by Gasteiger charge is 2.21. The van der Waals surface area contributed by atoms with Gasteiger partial charge in [-0.15, -0.1) is 0 Å². The largest absolute Gasteiger partial charge is 0.756 e. The van der Waals surface area contributed by atoms with Crippen LogP contribution in [0.4, 0.5) is 0 Å². The molecule has 0 aromatic rings. The van der Waals surface area contributed by atoms with Crippen LogP contribution in [-0.4, -0.2) is 70.0 Å². The number of carbonyl (C=O) groups excluding carboxylic acids is 2. The van der Waals surface area contributed by atoms with E-state index in [2.05, 4.69) is 172 Å². The maximum absolute atomic E-state index is 12.8. The molecule has 0 aliphatic rings. The third-order valence-electron chi connectivity index (χ3n) is 11.5. The van der Waals surface area contributed by atoms with Gasteiger partial charge in [0, 0.05) is 12.8 Å². The monoisotopic (exact) mass is 1070 g/mol. The van der Waals surface area contributed by atoms with E-state index in [9.17, 15) is 19.0 Å². The first kappa shape index (κ1) is 71.6. The Bertz CT molecular complexity index is 1840. The lowest BCUT2D eigenvalue weighted by Crippen LogP contribution is -2.37. The van der Waals surface area contributed by atoms with E-state index in [0.717, 1.165) is 154 Å². The van der Waals surface area contributed by atoms with Crippen molar-refractivity contribution in [3.05, 3.63) is 158 Å². The maximum atomic E-state index is 12.8. The van der Waals surface area contributed by atoms with Gasteiger partial charge in [0.2, 0.25) is 0 Å². The van der Waals surface area contributed by atoms with E-state index in [-0.39, 0.29) is 26.1 Å². The van der Waals surface area contributed by atoms with Crippen LogP contribution >= 0.6 is 7.82 Å². The van der Waals surface area contributed by atoms with Gasteiger partial charge >= 0.3 is 11.9 Å². The Hall–Kier alpha value is -4.37. The predicted molar refractivity (Wildman–Crippen MR) is 323 cm³/mol. The summed E-state index contributed by atoms with van der Waals surface area (Å²) in [7, 11) is 1.12. The van der Waals surface area contributed by atoms with Gasteiger partial charge < -0.3 is 27.9 Å². The summed E-state index contributed by atoms with van der Waals surface area (Å²) in [6.45, 7) is 3.94. The molecular weight excluding hydrogens is 966 g/mol. The topological polar surface area (TPSA) is 111 Å². The van der Waals surface area contributed by atoms with Crippen LogP contribution in [0.3, 0.4) is 0 Å². The molecule has 0 aliphatic carbocycles. The van der Waals surface area contributed by atoms with Crippen molar-refractivity contribution in [3.63, 3.8) is 0 Å². The van der Waals surface area contributed by atoms with Crippen LogP contribution in [0.2, 0.25) is 0 Å². The minimum atomic E-state index is -4.66. The molecule has 0 amide bonds. The normalized spacial score (nSPS) is 14.4. The molecule has 0 aromatic heterocycles. The molecule has 0 fully saturated rings. The van der Waals surface area contributed by atoms with Gasteiger partial charge in [0.25, 0.3) is 7.82 Å². The second-order valence-electron chi connectivity index (χ2n) is 19.9. The van der Waals surface area contributed by atoms with Crippen molar-refractivity contribution in [1.82, 2.24) is 0 Å². The molecule has 0 spiro atoms. The molecule has 0 bridgehead atoms. The number of quaternary nitrogens is 1. The molecule has 0 aromatic carbocycles. The Labute approximate surface area is 465 Å². The number of esters is 2. The summed E-state index contributed by atoms with van der Waals surface area (Å²) < 4.78 is 34.1. The molecule has 10 heteroatoms. The first-order chi connectivity index (χ1) is 37.0. The van der Waals surface area contributed by atoms with E-state index in [1.54, 1.807) is 0 Å². The molecule has 2 unspecified atom stereocenters. The van der Waals surface area contributed by atoms with Crippen molar-refractivity contribution in [3.8, 4) is 0 Å². The minimum absolute atomic E-state index is 0.0474. The third-order valence-corrected chi connectivity index (χ3v) is 12.5. The molecule has 428 valence electrons. The van der Waals surface area contributed by atoms with Crippen molar-refractivity contribution in [2.45, 2.75) is 200 Å². The zero-order valence-electron chi connectivity index (χ0n) is 48.4. The molecule has 0 N–H and O–H groups in total. The predicted octanol–water partition coefficient (Wildman–Crippen LogP) is 17.8. The van der Waals surface area contributed by atoms with E-state index in [1.807, 2.05) is 21.1 Å². The minimum Gasteiger partial charge on any atom is -0.756 e. The maximum Gasteiger partial charge on any atom is 0.306 e. The number of likely N-dealkylation sites (N-methyl/N-ethyl adjacent to an activating group) is 1. The molecule has 0 saturated carbocycles. The van der Waals surface area contributed by atoms with Gasteiger partial charge in [-0.2, -0.15) is 0 Å². The number of rotatable bonds is 51. The Morgan fingerprint density at radius 3 is 1.05 bits per heavy atom. The van der Waals surface area contributed by atoms with Gasteiger partial charge in [0.05, 0.1) is 27.7 Å². The molecule has 0 saturated heterocycles. The Kier molecular flexibility index (Phi) is 52.2. The first-order valence-electron chi connectivity index (χ1n) is 29.2. The zero-order valence-corrected chi connectivity index (χ0v) is 49.3. The van der Waals surface area contributed by atoms with Gasteiger partial charge in [-0.05, 0) is 122 Å². The number of hydrogen-bond donors (Lipinski definition) is 0. The first-order valence-corrected chi connectivity index (χ1v) is 30.7. The standard InChI is InChI=1S/C66H106NO8P/c1-6-8-10-12-14-16-18-20-22-24-26-28-29-30-31-32-33-34-35-36-37-39-41-43-45-47-49-51-53-55-57-59-66(69)75-64(63-74-76(70,71)73-61-60-67(3,4)5)62-72-65(68)58-56-54-52-50-48-46-44-42-40-38-27-25-23-21-19-17-15-13-11-9-7-2/h8-11,14-17,20-23,26-28,30-31,33-34,36-38,41-44,64H,6-7,12-13,18-19,24-25,29,32,35,39-40,45-63H2,1-5H3/b10-8-,11-9-,16-14-,17-15-,22-20-,23-21-,28-26-,31-30-,34-33-,37-36-,38-27-,43-41-,44-42-. The Morgan fingerprint density at radius 2 is 0.711 bits per heavy atom. The molecular formula is C66H106NO8P. The number of nitrogens with zero attached hydrogens (tertiary/aromatic N) is 1. The highest BCUT2D eigenvalue weighted by molar-refractivity contribution is 7.45. The molecule has 0 aliphatic heterocycles. The number of allylic oxidation sites excluding steroid dienone is 26. The van der Waals surface area contributed by atoms with Crippen LogP contribution in [-0.2, 0) is 32.7 Å². The smallest absolute Gasteiger partial charge is 0.306 e. The van der Waals surface area contributed by atoms with Gasteiger partial charge in [0.1, 0.15) is 19.8 Å². The van der Waals surface area contributed by atoms with Crippen molar-refractivity contribution < 1.29 is 42.1 Å². The van der Waals surface area contributed by atoms with Crippen LogP contribution in [0.1, 0.15) is 194 Å². The van der Waals surface area contributed by atoms with E-state index in [4.69, 9.17) is 18.5 Å². The summed E-state index contributed by atoms with van der Waals surface area (Å²) in [5.41, 5.74) is 0. The molecule has 9 nitrogen and oxygen atoms in total. The van der Waals surface area contributed by atoms with E-state index < -0.39 is 32.5 Å². The number of hydrogen-bond acceptors (Lipinski definition) is 8. The van der Waals surface area contributed by atoms with E-state index >= 15 is 0 Å². The van der Waals surface area contributed by atoms with Crippen LogP contribution in [0.25, 0.3) is 0 Å². The number of unbranched alkanes of at least 4 members (excludes halogenated alkanes) is 11. The summed E-state index contributed by atoms with van der Waals surface area (Å²) in [5.74, 6) is -0.887. The number of phosphoric ester groups is 1. The SMILES string of the molecule is CC/C=C\C/C=C\C/C=C\C/C=C\C/C=C\C/C=C\C/C=C\C/C=C\CCCCCCCCC(=O)OC(COC(=O)CCCCCCC/C=C\C/C=C\C/C=C\C/C=C\C/C=C\CC)COP(=O)([O-])OCC[N+](C)(C)C. The quantitative estimate of drug-likeness (QED) is 0.0195. The molecule has 2 atom stereocenters. The van der Waals surface area contributed by atoms with E-state index in [0.29, 0.717) is 23.9 Å². The Morgan fingerprint density at radius 1 is 0.408 bits per heavy atom. The highest BCUT2D eigenvalue weighted by Crippen LogP contribution is 2.38. The number of phosphoric acid groups is 1. The van der Waals surface area contributed by atoms with Crippen LogP contribution in [0.5, 0.6) is 0 Å². The van der Waals surface area contributed by atoms with Gasteiger partial charge in [-0.1, -0.05) is 217 Å². The summed E-state index contributed by atoms with van der Waals surface area (Å²) in [5, 5.41) is 0. The lowest BCUT2D eigenvalue weighted by Gasteiger charge is -2.28. The van der Waals surface area contributed by atoms with E-state index in [1.165, 1.54) is 0 Å². The average Bonchev–Trinajstić information content (AvgIpc) is 3.38. The summed E-state index contributed by atoms with van der Waals surface area (Å²) >= 11 is 0. The zero-order chi connectivity index (χ0) is 55.6. The van der Waals surface area contributed by atoms with Crippen LogP contribution in [0, 0.1) is 0 Å². The van der Waals surface area contributed by atoms with Crippen LogP contribution < -0.4 is 4.89 Å². The third kappa shape index (κ3) is 58.9. The summed E-state index contributed by atoms with van der Waals surface area (Å²) in [4.78, 5) is 37.9. The van der Waals surface area contributed by atoms with Gasteiger partial charge in [0.15, 0.2) is 6.10 Å². The van der Waals surface area contributed by atoms with Crippen molar-refractivity contribution in [2.24, 2.45) is 0 Å². The van der Waals surface area contributed by atoms with Gasteiger partial charge in [-0.3, -0.25) is 14.2 Å². The second-order valence-corrected chi connectivity index (χ2v) is 21.3. The van der Waals surface area contributed by atoms with Crippen molar-refractivity contribution >= 4 is 19.8 Å². The van der Waals surface area contributed by atoms with Crippen molar-refractivity contribution in [2.75, 3.05) is 47.5 Å². The highest BCUT2D eigenvalue weighted by atomic mass is 31.2. The Balaban J connectivity index is 4.29. The number of carbonyl (C=O) groups is 2. The fourth-order valence-corrected chi connectivity index (χ4v) is 7.84. The van der Waals surface area contributed by atoms with Crippen LogP contribution in [0.15, 0.2) is 158 Å². The number of ether oxygens (including phenoxy) is 2. The lowest BCUT2D eigenvalue weighted by atomic mass is 10.1. The fraction of sp³-hybridized carbons (Fsp3) is 0.576. The summed E-state index contributed by atoms with van der Waals surface area (Å²) in [6.07, 6.45) is 82.8. The van der Waals surface area contributed by atoms with Crippen molar-refractivity contribution in [1.29, 1.82) is 0 Å². The lowest BCUT2D eigenvalue weighted by molar-refractivity contribution is -0.870.